The Hall–Kier alpha value is -2.49. The zero-order chi connectivity index (χ0) is 14.8. The van der Waals surface area contributed by atoms with Gasteiger partial charge in [-0.3, -0.25) is 15.2 Å². The Balaban J connectivity index is 0.000000344. The molecule has 3 aromatic rings. The predicted octanol–water partition coefficient (Wildman–Crippen LogP) is 1.37. The SMILES string of the molecule is O=C(N/N=C\[c-]1[c-][c-][c-][c-]1)c1ccccn1.[Fe].[c-]1[c-][c-][cH-][c-]1. The van der Waals surface area contributed by atoms with Gasteiger partial charge in [0, 0.05) is 23.3 Å². The molecule has 4 nitrogen and oxygen atoms in total. The van der Waals surface area contributed by atoms with Gasteiger partial charge >= 0.3 is 0 Å². The normalized spacial score (nSPS) is 9.45. The van der Waals surface area contributed by atoms with Crippen molar-refractivity contribution in [2.45, 2.75) is 0 Å². The average Bonchev–Trinajstić information content (AvgIpc) is 3.24. The van der Waals surface area contributed by atoms with E-state index < -0.39 is 0 Å². The van der Waals surface area contributed by atoms with Gasteiger partial charge in [0.25, 0.3) is 5.91 Å². The molecule has 1 heterocycles. The van der Waals surface area contributed by atoms with Crippen LogP contribution in [0.5, 0.6) is 0 Å². The van der Waals surface area contributed by atoms with Crippen molar-refractivity contribution in [2.75, 3.05) is 0 Å². The Bertz CT molecular complexity index is 629. The molecule has 5 heteroatoms. The van der Waals surface area contributed by atoms with Crippen LogP contribution in [0.15, 0.2) is 35.6 Å². The first-order chi connectivity index (χ1) is 10.4. The van der Waals surface area contributed by atoms with Crippen molar-refractivity contribution in [2.24, 2.45) is 5.10 Å². The van der Waals surface area contributed by atoms with Gasteiger partial charge in [0.15, 0.2) is 0 Å². The molecule has 0 spiro atoms. The molecule has 0 aliphatic carbocycles. The largest absolute Gasteiger partial charge is 0.999 e. The summed E-state index contributed by atoms with van der Waals surface area (Å²) in [7, 11) is 0. The zero-order valence-corrected chi connectivity index (χ0v) is 12.2. The molecule has 114 valence electrons. The van der Waals surface area contributed by atoms with Gasteiger partial charge in [0.2, 0.25) is 0 Å². The summed E-state index contributed by atoms with van der Waals surface area (Å²) in [6.07, 6.45) is 2.95. The molecule has 0 bridgehead atoms. The van der Waals surface area contributed by atoms with Crippen LogP contribution in [0.25, 0.3) is 0 Å². The van der Waals surface area contributed by atoms with Gasteiger partial charge in [-0.15, -0.1) is 0 Å². The number of hydrogen-bond acceptors (Lipinski definition) is 3. The number of nitrogens with zero attached hydrogens (tertiary/aromatic N) is 2. The van der Waals surface area contributed by atoms with Crippen molar-refractivity contribution < 1.29 is 21.9 Å². The van der Waals surface area contributed by atoms with E-state index in [0.717, 1.165) is 0 Å². The van der Waals surface area contributed by atoms with E-state index in [1.165, 1.54) is 6.21 Å². The number of carbonyl (C=O) groups is 1. The monoisotopic (exact) mass is 325 g/mol. The smallest absolute Gasteiger partial charge is 0.287 e. The number of rotatable bonds is 3. The summed E-state index contributed by atoms with van der Waals surface area (Å²) in [5.74, 6) is -0.364. The van der Waals surface area contributed by atoms with Crippen molar-refractivity contribution in [3.63, 3.8) is 0 Å². The van der Waals surface area contributed by atoms with E-state index in [0.29, 0.717) is 11.3 Å². The maximum absolute atomic E-state index is 11.4. The van der Waals surface area contributed by atoms with Crippen molar-refractivity contribution in [1.82, 2.24) is 10.4 Å². The number of hydrazone groups is 1. The first-order valence-electron chi connectivity index (χ1n) is 5.82. The molecule has 1 amide bonds. The first-order valence-corrected chi connectivity index (χ1v) is 5.82. The van der Waals surface area contributed by atoms with Crippen LogP contribution < -0.4 is 5.43 Å². The van der Waals surface area contributed by atoms with Gasteiger partial charge in [-0.1, -0.05) is 6.07 Å². The van der Waals surface area contributed by atoms with Crippen molar-refractivity contribution in [1.29, 1.82) is 0 Å². The van der Waals surface area contributed by atoms with E-state index in [-0.39, 0.29) is 23.0 Å². The molecule has 1 N–H and O–H groups in total. The van der Waals surface area contributed by atoms with Gasteiger partial charge in [0.1, 0.15) is 5.69 Å². The third-order valence-electron chi connectivity index (χ3n) is 2.07. The second-order valence-corrected chi connectivity index (χ2v) is 3.51. The van der Waals surface area contributed by atoms with Gasteiger partial charge in [-0.05, 0) is 12.1 Å². The second-order valence-electron chi connectivity index (χ2n) is 3.51. The molecule has 0 aliphatic heterocycles. The average molecular weight is 325 g/mol. The van der Waals surface area contributed by atoms with E-state index >= 15 is 0 Å². The number of amides is 1. The molecule has 2 aromatic carbocycles. The van der Waals surface area contributed by atoms with Gasteiger partial charge in [-0.25, -0.2) is 0 Å². The zero-order valence-electron chi connectivity index (χ0n) is 11.1. The molecule has 0 atom stereocenters. The predicted molar refractivity (Wildman–Crippen MR) is 74.1 cm³/mol. The molecule has 0 unspecified atom stereocenters. The summed E-state index contributed by atoms with van der Waals surface area (Å²) in [6, 6.07) is 27.6. The molecule has 0 radical (unpaired) electrons. The molecule has 1 aromatic heterocycles. The molecule has 0 saturated carbocycles. The minimum Gasteiger partial charge on any atom is -0.999 e. The maximum atomic E-state index is 11.4. The third kappa shape index (κ3) is 6.31. The Kier molecular flexibility index (Phi) is 8.20. The number of hydrogen-bond donors (Lipinski definition) is 1. The van der Waals surface area contributed by atoms with Crippen LogP contribution in [-0.2, 0) is 17.1 Å². The summed E-state index contributed by atoms with van der Waals surface area (Å²) in [5.41, 5.74) is 3.24. The van der Waals surface area contributed by atoms with Crippen LogP contribution in [0.2, 0.25) is 0 Å². The minimum absolute atomic E-state index is 0. The van der Waals surface area contributed by atoms with Crippen LogP contribution in [-0.4, -0.2) is 17.1 Å². The summed E-state index contributed by atoms with van der Waals surface area (Å²) in [5, 5.41) is 3.72. The number of pyridine rings is 1. The summed E-state index contributed by atoms with van der Waals surface area (Å²) in [6.45, 7) is 0. The fraction of sp³-hybridized carbons (Fsp3) is 0. The van der Waals surface area contributed by atoms with Crippen molar-refractivity contribution in [3.8, 4) is 0 Å². The summed E-state index contributed by atoms with van der Waals surface area (Å²) in [4.78, 5) is 15.3. The topological polar surface area (TPSA) is 54.4 Å². The molecule has 0 aliphatic rings. The summed E-state index contributed by atoms with van der Waals surface area (Å²) >= 11 is 0. The second kappa shape index (κ2) is 10.3. The van der Waals surface area contributed by atoms with E-state index in [1.807, 2.05) is 0 Å². The van der Waals surface area contributed by atoms with Crippen molar-refractivity contribution >= 4 is 12.1 Å². The summed E-state index contributed by atoms with van der Waals surface area (Å²) < 4.78 is 0. The standard InChI is InChI=1S/C12H6N3O.C5H.Fe/c16-12(11-7-3-4-8-13-11)15-14-9-10-5-1-2-6-10;1-2-4-5-3-1;/h3-4,7-9H,(H,15,16);1H;/q2*-5;/b14-9-;;. The van der Waals surface area contributed by atoms with Crippen LogP contribution in [0, 0.1) is 48.5 Å². The molecular weight excluding hydrogens is 318 g/mol. The first kappa shape index (κ1) is 17.6. The number of aromatic nitrogens is 1. The molecule has 22 heavy (non-hydrogen) atoms. The number of carbonyl (C=O) groups excluding carboxylic acids is 1. The molecule has 3 rings (SSSR count). The van der Waals surface area contributed by atoms with E-state index in [9.17, 15) is 4.79 Å². The Morgan fingerprint density at radius 2 is 1.95 bits per heavy atom. The third-order valence-corrected chi connectivity index (χ3v) is 2.07. The van der Waals surface area contributed by atoms with Gasteiger partial charge in [-0.2, -0.15) is 0 Å². The van der Waals surface area contributed by atoms with Crippen LogP contribution >= 0.6 is 0 Å². The van der Waals surface area contributed by atoms with Gasteiger partial charge < -0.3 is 71.5 Å². The Morgan fingerprint density at radius 3 is 2.50 bits per heavy atom. The van der Waals surface area contributed by atoms with Crippen molar-refractivity contribution in [3.05, 3.63) is 90.3 Å². The fourth-order valence-corrected chi connectivity index (χ4v) is 1.18. The quantitative estimate of drug-likeness (QED) is 0.342. The van der Waals surface area contributed by atoms with Crippen LogP contribution in [0.1, 0.15) is 16.1 Å². The van der Waals surface area contributed by atoms with Gasteiger partial charge in [0.05, 0.1) is 0 Å². The number of nitrogens with one attached hydrogen (secondary N) is 1. The van der Waals surface area contributed by atoms with E-state index in [1.54, 1.807) is 30.5 Å². The minimum atomic E-state index is -0.364. The fourth-order valence-electron chi connectivity index (χ4n) is 1.18. The molecular formula is C17H7FeN3O-10. The van der Waals surface area contributed by atoms with E-state index in [4.69, 9.17) is 0 Å². The Labute approximate surface area is 140 Å². The maximum Gasteiger partial charge on any atom is 0.287 e. The van der Waals surface area contributed by atoms with Crippen LogP contribution in [0.3, 0.4) is 0 Å². The van der Waals surface area contributed by atoms with Crippen LogP contribution in [0.4, 0.5) is 0 Å². The molecule has 0 fully saturated rings. The molecule has 0 saturated heterocycles. The van der Waals surface area contributed by atoms with E-state index in [2.05, 4.69) is 64.0 Å². The Morgan fingerprint density at radius 1 is 1.23 bits per heavy atom.